The number of hydrogen-bond acceptors (Lipinski definition) is 2. The molecule has 0 heterocycles. The molecule has 1 aliphatic rings. The smallest absolute Gasteiger partial charge is 0.335 e. The standard InChI is InChI=1S/C27H20O2/c1-29-27(28)26-23(19-11-4-2-5-12-19)22-17-16-18-10-8-9-15-21(18)25(22)24(26)20-13-6-3-7-14-20/h2-17,24H,1H3/t24-/m1/s1. The van der Waals surface area contributed by atoms with Gasteiger partial charge in [-0.2, -0.15) is 0 Å². The summed E-state index contributed by atoms with van der Waals surface area (Å²) in [7, 11) is 1.46. The summed E-state index contributed by atoms with van der Waals surface area (Å²) in [6, 6.07) is 33.0. The second-order valence-electron chi connectivity index (χ2n) is 7.24. The van der Waals surface area contributed by atoms with Crippen molar-refractivity contribution in [2.75, 3.05) is 7.11 Å². The molecular formula is C27H20O2. The molecule has 0 aliphatic heterocycles. The molecule has 29 heavy (non-hydrogen) atoms. The first-order valence-corrected chi connectivity index (χ1v) is 9.74. The van der Waals surface area contributed by atoms with E-state index in [1.54, 1.807) is 0 Å². The maximum atomic E-state index is 13.1. The van der Waals surface area contributed by atoms with Crippen molar-refractivity contribution in [1.82, 2.24) is 0 Å². The summed E-state index contributed by atoms with van der Waals surface area (Å²) < 4.78 is 5.28. The lowest BCUT2D eigenvalue weighted by molar-refractivity contribution is -0.136. The Bertz CT molecular complexity index is 1240. The van der Waals surface area contributed by atoms with Gasteiger partial charge in [0.1, 0.15) is 0 Å². The van der Waals surface area contributed by atoms with E-state index in [0.29, 0.717) is 5.57 Å². The molecule has 0 fully saturated rings. The molecule has 0 amide bonds. The number of ether oxygens (including phenoxy) is 1. The molecule has 0 unspecified atom stereocenters. The van der Waals surface area contributed by atoms with Gasteiger partial charge in [-0.25, -0.2) is 4.79 Å². The van der Waals surface area contributed by atoms with Crippen LogP contribution in [0, 0.1) is 0 Å². The lowest BCUT2D eigenvalue weighted by Gasteiger charge is -2.18. The van der Waals surface area contributed by atoms with Crippen LogP contribution in [0.5, 0.6) is 0 Å². The Morgan fingerprint density at radius 3 is 2.14 bits per heavy atom. The maximum absolute atomic E-state index is 13.1. The first-order valence-electron chi connectivity index (χ1n) is 9.74. The molecular weight excluding hydrogens is 356 g/mol. The van der Waals surface area contributed by atoms with Gasteiger partial charge in [-0.15, -0.1) is 0 Å². The van der Waals surface area contributed by atoms with E-state index in [4.69, 9.17) is 4.74 Å². The number of benzene rings is 4. The fourth-order valence-electron chi connectivity index (χ4n) is 4.48. The largest absolute Gasteiger partial charge is 0.466 e. The van der Waals surface area contributed by atoms with Crippen molar-refractivity contribution in [3.63, 3.8) is 0 Å². The summed E-state index contributed by atoms with van der Waals surface area (Å²) in [4.78, 5) is 13.1. The van der Waals surface area contributed by atoms with Crippen molar-refractivity contribution in [3.8, 4) is 0 Å². The molecule has 0 aromatic heterocycles. The molecule has 0 spiro atoms. The minimum Gasteiger partial charge on any atom is -0.466 e. The van der Waals surface area contributed by atoms with Crippen LogP contribution in [0.1, 0.15) is 28.2 Å². The molecule has 5 rings (SSSR count). The predicted molar refractivity (Wildman–Crippen MR) is 117 cm³/mol. The van der Waals surface area contributed by atoms with Crippen LogP contribution in [-0.4, -0.2) is 13.1 Å². The summed E-state index contributed by atoms with van der Waals surface area (Å²) >= 11 is 0. The van der Waals surface area contributed by atoms with Crippen LogP contribution < -0.4 is 0 Å². The lowest BCUT2D eigenvalue weighted by Crippen LogP contribution is -2.13. The molecule has 2 heteroatoms. The number of hydrogen-bond donors (Lipinski definition) is 0. The summed E-state index contributed by atoms with van der Waals surface area (Å²) in [5.74, 6) is -0.446. The van der Waals surface area contributed by atoms with Gasteiger partial charge >= 0.3 is 5.97 Å². The molecule has 4 aromatic rings. The number of esters is 1. The third kappa shape index (κ3) is 2.76. The molecule has 0 N–H and O–H groups in total. The molecule has 4 aromatic carbocycles. The first-order chi connectivity index (χ1) is 14.3. The van der Waals surface area contributed by atoms with Crippen molar-refractivity contribution in [2.24, 2.45) is 0 Å². The highest BCUT2D eigenvalue weighted by Crippen LogP contribution is 2.50. The van der Waals surface area contributed by atoms with Crippen LogP contribution in [0.2, 0.25) is 0 Å². The lowest BCUT2D eigenvalue weighted by atomic mass is 9.85. The van der Waals surface area contributed by atoms with Crippen LogP contribution in [0.15, 0.2) is 103 Å². The van der Waals surface area contributed by atoms with Crippen LogP contribution in [-0.2, 0) is 9.53 Å². The van der Waals surface area contributed by atoms with Gasteiger partial charge in [0.2, 0.25) is 0 Å². The molecule has 140 valence electrons. The van der Waals surface area contributed by atoms with E-state index in [9.17, 15) is 4.79 Å². The number of fused-ring (bicyclic) bond motifs is 3. The molecule has 1 aliphatic carbocycles. The summed E-state index contributed by atoms with van der Waals surface area (Å²) in [6.45, 7) is 0. The minimum atomic E-state index is -0.280. The minimum absolute atomic E-state index is 0.167. The van der Waals surface area contributed by atoms with Crippen LogP contribution in [0.25, 0.3) is 16.3 Å². The average Bonchev–Trinajstić information content (AvgIpc) is 3.15. The van der Waals surface area contributed by atoms with Crippen LogP contribution in [0.4, 0.5) is 0 Å². The van der Waals surface area contributed by atoms with Crippen molar-refractivity contribution in [1.29, 1.82) is 0 Å². The number of carbonyl (C=O) groups excluding carboxylic acids is 1. The summed E-state index contributed by atoms with van der Waals surface area (Å²) in [6.07, 6.45) is 0. The zero-order valence-electron chi connectivity index (χ0n) is 16.1. The third-order valence-electron chi connectivity index (χ3n) is 5.69. The topological polar surface area (TPSA) is 26.3 Å². The van der Waals surface area contributed by atoms with Crippen molar-refractivity contribution >= 4 is 22.3 Å². The van der Waals surface area contributed by atoms with Gasteiger partial charge < -0.3 is 4.74 Å². The van der Waals surface area contributed by atoms with Crippen LogP contribution in [0.3, 0.4) is 0 Å². The fraction of sp³-hybridized carbons (Fsp3) is 0.0741. The third-order valence-corrected chi connectivity index (χ3v) is 5.69. The summed E-state index contributed by atoms with van der Waals surface area (Å²) in [5.41, 5.74) is 6.07. The van der Waals surface area contributed by atoms with E-state index in [1.807, 2.05) is 42.5 Å². The Morgan fingerprint density at radius 2 is 1.41 bits per heavy atom. The summed E-state index contributed by atoms with van der Waals surface area (Å²) in [5, 5.41) is 2.34. The van der Waals surface area contributed by atoms with Gasteiger partial charge in [-0.1, -0.05) is 97.1 Å². The monoisotopic (exact) mass is 376 g/mol. The number of carbonyl (C=O) groups is 1. The predicted octanol–water partition coefficient (Wildman–Crippen LogP) is 5.96. The highest BCUT2D eigenvalue weighted by atomic mass is 16.5. The average molecular weight is 376 g/mol. The zero-order chi connectivity index (χ0) is 19.8. The fourth-order valence-corrected chi connectivity index (χ4v) is 4.48. The van der Waals surface area contributed by atoms with Gasteiger partial charge in [0, 0.05) is 11.5 Å². The van der Waals surface area contributed by atoms with Gasteiger partial charge in [0.05, 0.1) is 12.7 Å². The second kappa shape index (κ2) is 7.06. The Balaban J connectivity index is 1.91. The van der Waals surface area contributed by atoms with Gasteiger partial charge in [0.25, 0.3) is 0 Å². The normalized spacial score (nSPS) is 15.4. The second-order valence-corrected chi connectivity index (χ2v) is 7.24. The van der Waals surface area contributed by atoms with E-state index < -0.39 is 0 Å². The van der Waals surface area contributed by atoms with Crippen molar-refractivity contribution in [3.05, 3.63) is 125 Å². The van der Waals surface area contributed by atoms with E-state index in [2.05, 4.69) is 54.6 Å². The maximum Gasteiger partial charge on any atom is 0.335 e. The zero-order valence-corrected chi connectivity index (χ0v) is 16.1. The quantitative estimate of drug-likeness (QED) is 0.412. The Morgan fingerprint density at radius 1 is 0.759 bits per heavy atom. The van der Waals surface area contributed by atoms with Crippen molar-refractivity contribution in [2.45, 2.75) is 5.92 Å². The van der Waals surface area contributed by atoms with E-state index >= 15 is 0 Å². The number of methoxy groups -OCH3 is 1. The highest BCUT2D eigenvalue weighted by molar-refractivity contribution is 6.10. The molecule has 0 radical (unpaired) electrons. The van der Waals surface area contributed by atoms with Gasteiger partial charge in [-0.05, 0) is 33.0 Å². The molecule has 0 bridgehead atoms. The van der Waals surface area contributed by atoms with E-state index in [-0.39, 0.29) is 11.9 Å². The molecule has 0 saturated heterocycles. The molecule has 2 nitrogen and oxygen atoms in total. The molecule has 0 saturated carbocycles. The first kappa shape index (κ1) is 17.4. The molecule has 1 atom stereocenters. The van der Waals surface area contributed by atoms with Gasteiger partial charge in [0.15, 0.2) is 0 Å². The van der Waals surface area contributed by atoms with E-state index in [0.717, 1.165) is 22.3 Å². The SMILES string of the molecule is COC(=O)C1=C(c2ccccc2)c2ccc3ccccc3c2[C@H]1c1ccccc1. The van der Waals surface area contributed by atoms with E-state index in [1.165, 1.54) is 23.4 Å². The van der Waals surface area contributed by atoms with Crippen LogP contribution >= 0.6 is 0 Å². The number of rotatable bonds is 3. The Hall–Kier alpha value is -3.65. The van der Waals surface area contributed by atoms with Gasteiger partial charge in [-0.3, -0.25) is 0 Å². The highest BCUT2D eigenvalue weighted by Gasteiger charge is 2.38. The Labute approximate surface area is 170 Å². The van der Waals surface area contributed by atoms with Crippen molar-refractivity contribution < 1.29 is 9.53 Å². The Kier molecular flexibility index (Phi) is 4.25.